The Morgan fingerprint density at radius 3 is 2.46 bits per heavy atom. The van der Waals surface area contributed by atoms with Crippen LogP contribution in [0.2, 0.25) is 0 Å². The standard InChI is InChI=1S/C22H31N3O3/c1-25(2)20-13-11-17(12-14-20)18(7-4-3-5-10-22(27)24-28)16-23-19-8-6-9-21(26)15-19/h6,8-9,11-15,18,23,26,28H,3-5,7,10,16H2,1-2H3,(H,24,27)/t18-/m1/s1. The van der Waals surface area contributed by atoms with Crippen molar-refractivity contribution in [2.45, 2.75) is 38.0 Å². The van der Waals surface area contributed by atoms with Crippen LogP contribution < -0.4 is 15.7 Å². The first kappa shape index (κ1) is 21.6. The molecule has 0 saturated heterocycles. The van der Waals surface area contributed by atoms with E-state index in [0.717, 1.165) is 37.9 Å². The van der Waals surface area contributed by atoms with Gasteiger partial charge in [0.25, 0.3) is 0 Å². The fraction of sp³-hybridized carbons (Fsp3) is 0.409. The molecule has 4 N–H and O–H groups in total. The zero-order valence-electron chi connectivity index (χ0n) is 16.7. The Morgan fingerprint density at radius 1 is 1.07 bits per heavy atom. The molecular formula is C22H31N3O3. The molecule has 2 aromatic carbocycles. The van der Waals surface area contributed by atoms with Crippen molar-refractivity contribution in [3.8, 4) is 5.75 Å². The molecule has 2 aromatic rings. The summed E-state index contributed by atoms with van der Waals surface area (Å²) in [4.78, 5) is 13.2. The third kappa shape index (κ3) is 7.12. The fourth-order valence-corrected chi connectivity index (χ4v) is 3.20. The van der Waals surface area contributed by atoms with E-state index in [-0.39, 0.29) is 11.7 Å². The Labute approximate surface area is 167 Å². The molecule has 0 spiro atoms. The predicted molar refractivity (Wildman–Crippen MR) is 113 cm³/mol. The highest BCUT2D eigenvalue weighted by Gasteiger charge is 2.12. The van der Waals surface area contributed by atoms with Crippen molar-refractivity contribution in [1.82, 2.24) is 5.48 Å². The number of rotatable bonds is 11. The van der Waals surface area contributed by atoms with E-state index in [9.17, 15) is 9.90 Å². The third-order valence-electron chi connectivity index (χ3n) is 4.86. The van der Waals surface area contributed by atoms with Crippen molar-refractivity contribution in [3.63, 3.8) is 0 Å². The van der Waals surface area contributed by atoms with Crippen LogP contribution in [0.1, 0.15) is 43.6 Å². The lowest BCUT2D eigenvalue weighted by atomic mass is 9.92. The normalized spacial score (nSPS) is 11.7. The number of phenolic OH excluding ortho intramolecular Hbond substituents is 1. The Hall–Kier alpha value is -2.73. The lowest BCUT2D eigenvalue weighted by molar-refractivity contribution is -0.129. The van der Waals surface area contributed by atoms with Gasteiger partial charge in [0.1, 0.15) is 5.75 Å². The minimum Gasteiger partial charge on any atom is -0.508 e. The van der Waals surface area contributed by atoms with Crippen molar-refractivity contribution >= 4 is 17.3 Å². The van der Waals surface area contributed by atoms with Gasteiger partial charge >= 0.3 is 0 Å². The maximum Gasteiger partial charge on any atom is 0.243 e. The Kier molecular flexibility index (Phi) is 8.62. The molecule has 0 aromatic heterocycles. The maximum atomic E-state index is 11.1. The van der Waals surface area contributed by atoms with E-state index in [0.29, 0.717) is 12.3 Å². The van der Waals surface area contributed by atoms with Gasteiger partial charge in [-0.05, 0) is 42.7 Å². The first-order chi connectivity index (χ1) is 13.5. The predicted octanol–water partition coefficient (Wildman–Crippen LogP) is 4.11. The molecule has 28 heavy (non-hydrogen) atoms. The van der Waals surface area contributed by atoms with E-state index in [1.807, 2.05) is 26.2 Å². The number of phenols is 1. The molecule has 1 amide bonds. The van der Waals surface area contributed by atoms with E-state index in [2.05, 4.69) is 34.5 Å². The number of hydrogen-bond donors (Lipinski definition) is 4. The molecule has 0 heterocycles. The van der Waals surface area contributed by atoms with Gasteiger partial charge in [0.15, 0.2) is 0 Å². The molecule has 0 aliphatic carbocycles. The number of hydroxylamine groups is 1. The second-order valence-electron chi connectivity index (χ2n) is 7.25. The number of nitrogens with one attached hydrogen (secondary N) is 2. The van der Waals surface area contributed by atoms with Gasteiger partial charge in [0.05, 0.1) is 0 Å². The summed E-state index contributed by atoms with van der Waals surface area (Å²) < 4.78 is 0. The number of nitrogens with zero attached hydrogens (tertiary/aromatic N) is 1. The smallest absolute Gasteiger partial charge is 0.243 e. The molecule has 0 aliphatic rings. The molecule has 0 unspecified atom stereocenters. The van der Waals surface area contributed by atoms with Crippen LogP contribution in [0.5, 0.6) is 5.75 Å². The minimum absolute atomic E-state index is 0.249. The van der Waals surface area contributed by atoms with Crippen LogP contribution in [0, 0.1) is 0 Å². The zero-order valence-corrected chi connectivity index (χ0v) is 16.7. The molecule has 0 aliphatic heterocycles. The summed E-state index contributed by atoms with van der Waals surface area (Å²) in [5, 5.41) is 21.6. The number of aromatic hydroxyl groups is 1. The van der Waals surface area contributed by atoms with Gasteiger partial charge in [-0.3, -0.25) is 10.0 Å². The molecule has 2 rings (SSSR count). The summed E-state index contributed by atoms with van der Waals surface area (Å²) in [5.41, 5.74) is 5.01. The number of amides is 1. The Balaban J connectivity index is 1.97. The lowest BCUT2D eigenvalue weighted by Crippen LogP contribution is -2.17. The number of anilines is 2. The van der Waals surface area contributed by atoms with Gasteiger partial charge in [0.2, 0.25) is 5.91 Å². The van der Waals surface area contributed by atoms with E-state index in [4.69, 9.17) is 5.21 Å². The maximum absolute atomic E-state index is 11.1. The quantitative estimate of drug-likeness (QED) is 0.266. The van der Waals surface area contributed by atoms with Gasteiger partial charge in [-0.15, -0.1) is 0 Å². The van der Waals surface area contributed by atoms with E-state index >= 15 is 0 Å². The molecule has 0 fully saturated rings. The summed E-state index contributed by atoms with van der Waals surface area (Å²) in [7, 11) is 4.05. The van der Waals surface area contributed by atoms with E-state index in [1.54, 1.807) is 17.6 Å². The van der Waals surface area contributed by atoms with Crippen LogP contribution in [-0.2, 0) is 4.79 Å². The molecule has 0 bridgehead atoms. The van der Waals surface area contributed by atoms with E-state index < -0.39 is 0 Å². The van der Waals surface area contributed by atoms with Crippen molar-refractivity contribution in [1.29, 1.82) is 0 Å². The van der Waals surface area contributed by atoms with Crippen LogP contribution in [0.4, 0.5) is 11.4 Å². The molecular weight excluding hydrogens is 354 g/mol. The summed E-state index contributed by atoms with van der Waals surface area (Å²) in [5.74, 6) is 0.241. The summed E-state index contributed by atoms with van der Waals surface area (Å²) in [6.07, 6.45) is 4.04. The van der Waals surface area contributed by atoms with Crippen molar-refractivity contribution in [3.05, 3.63) is 54.1 Å². The molecule has 1 atom stereocenters. The number of benzene rings is 2. The second kappa shape index (κ2) is 11.2. The lowest BCUT2D eigenvalue weighted by Gasteiger charge is -2.20. The van der Waals surface area contributed by atoms with Gasteiger partial charge in [-0.2, -0.15) is 0 Å². The van der Waals surface area contributed by atoms with Crippen LogP contribution in [0.15, 0.2) is 48.5 Å². The Bertz CT molecular complexity index is 732. The molecule has 152 valence electrons. The van der Waals surface area contributed by atoms with Crippen LogP contribution in [-0.4, -0.2) is 36.9 Å². The molecule has 6 heteroatoms. The number of hydrogen-bond acceptors (Lipinski definition) is 5. The Morgan fingerprint density at radius 2 is 1.82 bits per heavy atom. The highest BCUT2D eigenvalue weighted by molar-refractivity contribution is 5.74. The van der Waals surface area contributed by atoms with Gasteiger partial charge in [0, 0.05) is 50.4 Å². The zero-order chi connectivity index (χ0) is 20.4. The SMILES string of the molecule is CN(C)c1ccc([C@H](CCCCCC(=O)NO)CNc2cccc(O)c2)cc1. The fourth-order valence-electron chi connectivity index (χ4n) is 3.20. The average Bonchev–Trinajstić information content (AvgIpc) is 2.70. The van der Waals surface area contributed by atoms with Crippen molar-refractivity contribution < 1.29 is 15.1 Å². The highest BCUT2D eigenvalue weighted by atomic mass is 16.5. The first-order valence-corrected chi connectivity index (χ1v) is 9.72. The summed E-state index contributed by atoms with van der Waals surface area (Å²) >= 11 is 0. The molecule has 6 nitrogen and oxygen atoms in total. The number of carbonyl (C=O) groups is 1. The first-order valence-electron chi connectivity index (χ1n) is 9.72. The van der Waals surface area contributed by atoms with Gasteiger partial charge < -0.3 is 15.3 Å². The summed E-state index contributed by atoms with van der Waals surface area (Å²) in [6, 6.07) is 15.7. The van der Waals surface area contributed by atoms with Gasteiger partial charge in [-0.25, -0.2) is 5.48 Å². The van der Waals surface area contributed by atoms with Gasteiger partial charge in [-0.1, -0.05) is 31.0 Å². The highest BCUT2D eigenvalue weighted by Crippen LogP contribution is 2.26. The topological polar surface area (TPSA) is 84.8 Å². The monoisotopic (exact) mass is 385 g/mol. The molecule has 0 radical (unpaired) electrons. The molecule has 0 saturated carbocycles. The minimum atomic E-state index is -0.332. The van der Waals surface area contributed by atoms with Crippen LogP contribution in [0.25, 0.3) is 0 Å². The van der Waals surface area contributed by atoms with Crippen molar-refractivity contribution in [2.75, 3.05) is 30.9 Å². The third-order valence-corrected chi connectivity index (χ3v) is 4.86. The average molecular weight is 386 g/mol. The number of carbonyl (C=O) groups excluding carboxylic acids is 1. The largest absolute Gasteiger partial charge is 0.508 e. The number of unbranched alkanes of at least 4 members (excludes halogenated alkanes) is 2. The second-order valence-corrected chi connectivity index (χ2v) is 7.25. The van der Waals surface area contributed by atoms with Crippen LogP contribution >= 0.6 is 0 Å². The van der Waals surface area contributed by atoms with Crippen LogP contribution in [0.3, 0.4) is 0 Å². The summed E-state index contributed by atoms with van der Waals surface area (Å²) in [6.45, 7) is 0.766. The van der Waals surface area contributed by atoms with E-state index in [1.165, 1.54) is 11.3 Å². The van der Waals surface area contributed by atoms with Crippen molar-refractivity contribution in [2.24, 2.45) is 0 Å².